The van der Waals surface area contributed by atoms with Crippen LogP contribution >= 0.6 is 11.3 Å². The number of carbonyl (C=O) groups is 1. The number of piperidine rings is 1. The first-order valence-corrected chi connectivity index (χ1v) is 11.1. The van der Waals surface area contributed by atoms with E-state index in [1.807, 2.05) is 0 Å². The average Bonchev–Trinajstić information content (AvgIpc) is 3.42. The third kappa shape index (κ3) is 3.85. The van der Waals surface area contributed by atoms with Crippen molar-refractivity contribution in [3.63, 3.8) is 0 Å². The second kappa shape index (κ2) is 8.10. The maximum Gasteiger partial charge on any atom is 0.253 e. The molecule has 9 heteroatoms. The Labute approximate surface area is 173 Å². The van der Waals surface area contributed by atoms with Crippen molar-refractivity contribution in [3.8, 4) is 10.7 Å². The highest BCUT2D eigenvalue weighted by molar-refractivity contribution is 7.14. The molecule has 2 aliphatic rings. The number of pyridine rings is 1. The lowest BCUT2D eigenvalue weighted by Crippen LogP contribution is -2.45. The van der Waals surface area contributed by atoms with E-state index in [2.05, 4.69) is 47.2 Å². The largest absolute Gasteiger partial charge is 0.368 e. The molecule has 3 aromatic rings. The highest BCUT2D eigenvalue weighted by atomic mass is 32.1. The van der Waals surface area contributed by atoms with Gasteiger partial charge in [0.2, 0.25) is 0 Å². The zero-order chi connectivity index (χ0) is 19.6. The number of piperazine rings is 1. The number of amides is 1. The molecule has 2 fully saturated rings. The zero-order valence-electron chi connectivity index (χ0n) is 16.2. The summed E-state index contributed by atoms with van der Waals surface area (Å²) in [4.78, 5) is 28.7. The Morgan fingerprint density at radius 3 is 2.97 bits per heavy atom. The van der Waals surface area contributed by atoms with Crippen molar-refractivity contribution in [2.45, 2.75) is 18.9 Å². The number of fused-ring (bicyclic) bond motifs is 1. The van der Waals surface area contributed by atoms with Crippen molar-refractivity contribution >= 4 is 34.1 Å². The van der Waals surface area contributed by atoms with Crippen molar-refractivity contribution in [2.75, 3.05) is 44.2 Å². The Balaban J connectivity index is 1.40. The molecule has 0 saturated carbocycles. The van der Waals surface area contributed by atoms with Gasteiger partial charge in [-0.25, -0.2) is 9.97 Å². The van der Waals surface area contributed by atoms with Crippen LogP contribution < -0.4 is 20.9 Å². The van der Waals surface area contributed by atoms with Gasteiger partial charge in [0.05, 0.1) is 16.0 Å². The van der Waals surface area contributed by atoms with Crippen LogP contribution in [-0.4, -0.2) is 66.2 Å². The number of thiophene rings is 1. The molecular weight excluding hydrogens is 386 g/mol. The van der Waals surface area contributed by atoms with E-state index in [1.165, 1.54) is 5.69 Å². The van der Waals surface area contributed by atoms with E-state index in [0.717, 1.165) is 62.8 Å². The highest BCUT2D eigenvalue weighted by Crippen LogP contribution is 2.31. The van der Waals surface area contributed by atoms with E-state index in [-0.39, 0.29) is 11.9 Å². The van der Waals surface area contributed by atoms with Gasteiger partial charge in [0.1, 0.15) is 0 Å². The molecule has 5 rings (SSSR count). The minimum absolute atomic E-state index is 0.0750. The number of rotatable bonds is 4. The van der Waals surface area contributed by atoms with E-state index < -0.39 is 0 Å². The molecule has 0 radical (unpaired) electrons. The van der Waals surface area contributed by atoms with Crippen LogP contribution in [-0.2, 0) is 0 Å². The summed E-state index contributed by atoms with van der Waals surface area (Å²) in [6.45, 7) is 5.88. The van der Waals surface area contributed by atoms with Gasteiger partial charge >= 0.3 is 0 Å². The second-order valence-electron chi connectivity index (χ2n) is 7.57. The molecule has 4 N–H and O–H groups in total. The minimum atomic E-state index is -0.0750. The summed E-state index contributed by atoms with van der Waals surface area (Å²) in [6.07, 6.45) is 3.74. The molecule has 0 aliphatic carbocycles. The lowest BCUT2D eigenvalue weighted by atomic mass is 10.1. The van der Waals surface area contributed by atoms with Crippen LogP contribution in [0.4, 0.5) is 5.69 Å². The number of anilines is 1. The van der Waals surface area contributed by atoms with Gasteiger partial charge in [-0.1, -0.05) is 0 Å². The van der Waals surface area contributed by atoms with Crippen LogP contribution in [0, 0.1) is 0 Å². The molecule has 0 bridgehead atoms. The summed E-state index contributed by atoms with van der Waals surface area (Å²) in [5, 5.41) is 12.0. The quantitative estimate of drug-likeness (QED) is 0.520. The molecular formula is C20H25N7OS. The topological polar surface area (TPSA) is 98.0 Å². The summed E-state index contributed by atoms with van der Waals surface area (Å²) in [6, 6.07) is 4.10. The summed E-state index contributed by atoms with van der Waals surface area (Å²) < 4.78 is 0. The number of H-pyrrole nitrogens is 1. The summed E-state index contributed by atoms with van der Waals surface area (Å²) in [5.74, 6) is 0.687. The van der Waals surface area contributed by atoms with Gasteiger partial charge in [-0.3, -0.25) is 4.79 Å². The molecule has 0 spiro atoms. The zero-order valence-corrected chi connectivity index (χ0v) is 17.0. The van der Waals surface area contributed by atoms with Crippen LogP contribution in [0.5, 0.6) is 0 Å². The molecule has 8 nitrogen and oxygen atoms in total. The number of imidazole rings is 1. The maximum atomic E-state index is 12.9. The number of carbonyl (C=O) groups excluding carboxylic acids is 1. The lowest BCUT2D eigenvalue weighted by Gasteiger charge is -2.28. The monoisotopic (exact) mass is 411 g/mol. The lowest BCUT2D eigenvalue weighted by molar-refractivity contribution is 0.0932. The Kier molecular flexibility index (Phi) is 5.17. The van der Waals surface area contributed by atoms with Gasteiger partial charge in [-0.05, 0) is 31.5 Å². The van der Waals surface area contributed by atoms with Crippen molar-refractivity contribution in [3.05, 3.63) is 29.3 Å². The van der Waals surface area contributed by atoms with E-state index in [4.69, 9.17) is 0 Å². The molecule has 2 aliphatic heterocycles. The molecule has 5 heterocycles. The first-order valence-electron chi connectivity index (χ1n) is 10.2. The number of nitrogens with zero attached hydrogens (tertiary/aromatic N) is 3. The predicted molar refractivity (Wildman–Crippen MR) is 116 cm³/mol. The number of hydrogen-bond donors (Lipinski definition) is 4. The number of aromatic amines is 1. The molecule has 1 atom stereocenters. The van der Waals surface area contributed by atoms with Gasteiger partial charge < -0.3 is 25.8 Å². The number of nitrogens with one attached hydrogen (secondary N) is 4. The molecule has 3 aromatic heterocycles. The first-order chi connectivity index (χ1) is 14.3. The molecule has 152 valence electrons. The SMILES string of the molecule is O=C(N[C@H]1CCCNC1)c1ccnc2nc(-c3cc(N4CCNCC4)cs3)[nH]c12. The molecule has 1 amide bonds. The number of hydrogen-bond acceptors (Lipinski definition) is 7. The van der Waals surface area contributed by atoms with Crippen LogP contribution in [0.1, 0.15) is 23.2 Å². The van der Waals surface area contributed by atoms with Crippen molar-refractivity contribution in [1.29, 1.82) is 0 Å². The van der Waals surface area contributed by atoms with Gasteiger partial charge in [0.25, 0.3) is 5.91 Å². The standard InChI is InChI=1S/C20H25N7OS/c28-20(24-13-2-1-4-22-11-13)15-3-5-23-19-17(15)25-18(26-19)16-10-14(12-29-16)27-8-6-21-7-9-27/h3,5,10,12-13,21-22H,1-2,4,6-9,11H2,(H,24,28)(H,23,25,26)/t13-/m0/s1. The van der Waals surface area contributed by atoms with E-state index in [9.17, 15) is 4.79 Å². The van der Waals surface area contributed by atoms with Gasteiger partial charge in [-0.2, -0.15) is 0 Å². The van der Waals surface area contributed by atoms with Gasteiger partial charge in [0.15, 0.2) is 11.5 Å². The predicted octanol–water partition coefficient (Wildman–Crippen LogP) is 1.58. The second-order valence-corrected chi connectivity index (χ2v) is 8.48. The number of aromatic nitrogens is 3. The minimum Gasteiger partial charge on any atom is -0.368 e. The smallest absolute Gasteiger partial charge is 0.253 e. The van der Waals surface area contributed by atoms with Crippen LogP contribution in [0.3, 0.4) is 0 Å². The van der Waals surface area contributed by atoms with E-state index in [1.54, 1.807) is 23.6 Å². The fraction of sp³-hybridized carbons (Fsp3) is 0.450. The molecule has 0 unspecified atom stereocenters. The Hall–Kier alpha value is -2.49. The first kappa shape index (κ1) is 18.5. The summed E-state index contributed by atoms with van der Waals surface area (Å²) >= 11 is 1.66. The summed E-state index contributed by atoms with van der Waals surface area (Å²) in [5.41, 5.74) is 3.09. The summed E-state index contributed by atoms with van der Waals surface area (Å²) in [7, 11) is 0. The highest BCUT2D eigenvalue weighted by Gasteiger charge is 2.20. The van der Waals surface area contributed by atoms with E-state index in [0.29, 0.717) is 16.7 Å². The molecule has 29 heavy (non-hydrogen) atoms. The van der Waals surface area contributed by atoms with Crippen molar-refractivity contribution in [2.24, 2.45) is 0 Å². The Morgan fingerprint density at radius 1 is 1.24 bits per heavy atom. The van der Waals surface area contributed by atoms with Crippen LogP contribution in [0.15, 0.2) is 23.7 Å². The maximum absolute atomic E-state index is 12.9. The van der Waals surface area contributed by atoms with Crippen molar-refractivity contribution in [1.82, 2.24) is 30.9 Å². The van der Waals surface area contributed by atoms with E-state index >= 15 is 0 Å². The average molecular weight is 412 g/mol. The fourth-order valence-electron chi connectivity index (χ4n) is 3.99. The fourth-order valence-corrected chi connectivity index (χ4v) is 4.86. The Morgan fingerprint density at radius 2 is 2.14 bits per heavy atom. The molecule has 2 saturated heterocycles. The third-order valence-electron chi connectivity index (χ3n) is 5.57. The van der Waals surface area contributed by atoms with Gasteiger partial charge in [0, 0.05) is 56.0 Å². The van der Waals surface area contributed by atoms with Crippen LogP contribution in [0.2, 0.25) is 0 Å². The Bertz CT molecular complexity index is 1000. The third-order valence-corrected chi connectivity index (χ3v) is 6.49. The molecule has 0 aromatic carbocycles. The van der Waals surface area contributed by atoms with Crippen LogP contribution in [0.25, 0.3) is 21.9 Å². The van der Waals surface area contributed by atoms with Gasteiger partial charge in [-0.15, -0.1) is 11.3 Å². The normalized spacial score (nSPS) is 20.1. The van der Waals surface area contributed by atoms with Crippen molar-refractivity contribution < 1.29 is 4.79 Å².